The van der Waals surface area contributed by atoms with Crippen LogP contribution in [0.3, 0.4) is 0 Å². The molecule has 1 rings (SSSR count). The van der Waals surface area contributed by atoms with Crippen LogP contribution in [0.5, 0.6) is 5.75 Å². The number of carbonyl (C=O) groups excluding carboxylic acids is 1. The first kappa shape index (κ1) is 12.6. The maximum atomic E-state index is 10.9. The minimum Gasteiger partial charge on any atom is -0.494 e. The third kappa shape index (κ3) is 4.34. The monoisotopic (exact) mass is 222 g/mol. The van der Waals surface area contributed by atoms with E-state index in [-0.39, 0.29) is 5.97 Å². The summed E-state index contributed by atoms with van der Waals surface area (Å²) in [6, 6.07) is 7.96. The summed E-state index contributed by atoms with van der Waals surface area (Å²) in [5, 5.41) is 0. The maximum Gasteiger partial charge on any atom is 0.305 e. The predicted molar refractivity (Wildman–Crippen MR) is 62.6 cm³/mol. The van der Waals surface area contributed by atoms with E-state index < -0.39 is 0 Å². The van der Waals surface area contributed by atoms with E-state index in [2.05, 4.69) is 4.74 Å². The van der Waals surface area contributed by atoms with Crippen molar-refractivity contribution in [1.29, 1.82) is 0 Å². The van der Waals surface area contributed by atoms with Crippen LogP contribution in [0.15, 0.2) is 24.3 Å². The minimum atomic E-state index is -0.152. The molecule has 0 saturated heterocycles. The van der Waals surface area contributed by atoms with Gasteiger partial charge in [-0.25, -0.2) is 0 Å². The summed E-state index contributed by atoms with van der Waals surface area (Å²) >= 11 is 0. The zero-order chi connectivity index (χ0) is 11.8. The summed E-state index contributed by atoms with van der Waals surface area (Å²) in [5.74, 6) is 0.735. The summed E-state index contributed by atoms with van der Waals surface area (Å²) < 4.78 is 9.99. The number of methoxy groups -OCH3 is 1. The van der Waals surface area contributed by atoms with Gasteiger partial charge in [0.05, 0.1) is 13.7 Å². The molecule has 1 aromatic rings. The van der Waals surface area contributed by atoms with Gasteiger partial charge in [-0.15, -0.1) is 0 Å². The molecule has 0 N–H and O–H groups in total. The Morgan fingerprint density at radius 1 is 1.38 bits per heavy atom. The van der Waals surface area contributed by atoms with Crippen LogP contribution in [-0.2, 0) is 16.0 Å². The fourth-order valence-electron chi connectivity index (χ4n) is 1.50. The van der Waals surface area contributed by atoms with E-state index >= 15 is 0 Å². The topological polar surface area (TPSA) is 35.5 Å². The van der Waals surface area contributed by atoms with Crippen molar-refractivity contribution in [3.8, 4) is 5.75 Å². The molecule has 0 amide bonds. The maximum absolute atomic E-state index is 10.9. The van der Waals surface area contributed by atoms with Gasteiger partial charge in [-0.1, -0.05) is 12.1 Å². The third-order valence-corrected chi connectivity index (χ3v) is 2.28. The first-order valence-electron chi connectivity index (χ1n) is 5.54. The molecule has 0 spiro atoms. The molecule has 0 aliphatic heterocycles. The van der Waals surface area contributed by atoms with Crippen molar-refractivity contribution in [2.24, 2.45) is 0 Å². The molecule has 0 fully saturated rings. The second-order valence-corrected chi connectivity index (χ2v) is 3.51. The molecule has 88 valence electrons. The van der Waals surface area contributed by atoms with Gasteiger partial charge in [-0.05, 0) is 37.5 Å². The molecular weight excluding hydrogens is 204 g/mol. The van der Waals surface area contributed by atoms with Gasteiger partial charge in [0, 0.05) is 6.42 Å². The van der Waals surface area contributed by atoms with E-state index in [1.54, 1.807) is 0 Å². The normalized spacial score (nSPS) is 9.88. The minimum absolute atomic E-state index is 0.152. The molecule has 3 heteroatoms. The van der Waals surface area contributed by atoms with Gasteiger partial charge in [0.25, 0.3) is 0 Å². The van der Waals surface area contributed by atoms with Crippen molar-refractivity contribution >= 4 is 5.97 Å². The molecule has 16 heavy (non-hydrogen) atoms. The lowest BCUT2D eigenvalue weighted by molar-refractivity contribution is -0.140. The predicted octanol–water partition coefficient (Wildman–Crippen LogP) is 2.58. The van der Waals surface area contributed by atoms with Gasteiger partial charge in [0.1, 0.15) is 5.75 Å². The number of benzene rings is 1. The fraction of sp³-hybridized carbons (Fsp3) is 0.462. The highest BCUT2D eigenvalue weighted by Gasteiger charge is 2.01. The van der Waals surface area contributed by atoms with Gasteiger partial charge in [-0.3, -0.25) is 4.79 Å². The zero-order valence-electron chi connectivity index (χ0n) is 9.86. The van der Waals surface area contributed by atoms with E-state index in [0.717, 1.165) is 18.6 Å². The highest BCUT2D eigenvalue weighted by molar-refractivity contribution is 5.69. The Bertz CT molecular complexity index is 334. The molecule has 0 unspecified atom stereocenters. The number of aryl methyl sites for hydroxylation is 1. The van der Waals surface area contributed by atoms with Crippen LogP contribution in [0.25, 0.3) is 0 Å². The van der Waals surface area contributed by atoms with E-state index in [1.165, 1.54) is 12.7 Å². The summed E-state index contributed by atoms with van der Waals surface area (Å²) in [4.78, 5) is 10.9. The highest BCUT2D eigenvalue weighted by Crippen LogP contribution is 2.15. The lowest BCUT2D eigenvalue weighted by Crippen LogP contribution is -2.00. The Kier molecular flexibility index (Phi) is 5.40. The van der Waals surface area contributed by atoms with E-state index in [9.17, 15) is 4.79 Å². The van der Waals surface area contributed by atoms with Crippen LogP contribution in [0.2, 0.25) is 0 Å². The van der Waals surface area contributed by atoms with Gasteiger partial charge >= 0.3 is 5.97 Å². The number of rotatable bonds is 6. The molecule has 3 nitrogen and oxygen atoms in total. The van der Waals surface area contributed by atoms with Crippen LogP contribution < -0.4 is 4.74 Å². The number of hydrogen-bond acceptors (Lipinski definition) is 3. The Morgan fingerprint density at radius 2 is 2.19 bits per heavy atom. The van der Waals surface area contributed by atoms with Gasteiger partial charge in [-0.2, -0.15) is 0 Å². The molecule has 0 saturated carbocycles. The highest BCUT2D eigenvalue weighted by atomic mass is 16.5. The van der Waals surface area contributed by atoms with Crippen LogP contribution in [0.4, 0.5) is 0 Å². The van der Waals surface area contributed by atoms with Crippen LogP contribution in [0.1, 0.15) is 25.3 Å². The van der Waals surface area contributed by atoms with Gasteiger partial charge in [0.15, 0.2) is 0 Å². The first-order chi connectivity index (χ1) is 7.76. The van der Waals surface area contributed by atoms with E-state index in [1.807, 2.05) is 31.2 Å². The molecule has 0 atom stereocenters. The van der Waals surface area contributed by atoms with E-state index in [4.69, 9.17) is 4.74 Å². The van der Waals surface area contributed by atoms with Crippen molar-refractivity contribution < 1.29 is 14.3 Å². The molecule has 0 heterocycles. The molecule has 1 aromatic carbocycles. The molecular formula is C13H18O3. The molecule has 0 bridgehead atoms. The second kappa shape index (κ2) is 6.88. The Hall–Kier alpha value is -1.51. The summed E-state index contributed by atoms with van der Waals surface area (Å²) in [7, 11) is 1.41. The van der Waals surface area contributed by atoms with Crippen LogP contribution in [-0.4, -0.2) is 19.7 Å². The smallest absolute Gasteiger partial charge is 0.305 e. The Labute approximate surface area is 96.4 Å². The summed E-state index contributed by atoms with van der Waals surface area (Å²) in [6.07, 6.45) is 2.15. The standard InChI is InChI=1S/C13H18O3/c1-3-16-12-8-4-6-11(10-12)7-5-9-13(14)15-2/h4,6,8,10H,3,5,7,9H2,1-2H3. The number of carbonyl (C=O) groups is 1. The average molecular weight is 222 g/mol. The third-order valence-electron chi connectivity index (χ3n) is 2.28. The zero-order valence-corrected chi connectivity index (χ0v) is 9.86. The second-order valence-electron chi connectivity index (χ2n) is 3.51. The fourth-order valence-corrected chi connectivity index (χ4v) is 1.50. The number of esters is 1. The largest absolute Gasteiger partial charge is 0.494 e. The number of ether oxygens (including phenoxy) is 2. The van der Waals surface area contributed by atoms with Gasteiger partial charge in [0.2, 0.25) is 0 Å². The van der Waals surface area contributed by atoms with Crippen molar-refractivity contribution in [3.63, 3.8) is 0 Å². The Balaban J connectivity index is 2.41. The average Bonchev–Trinajstić information content (AvgIpc) is 2.30. The molecule has 0 aliphatic rings. The van der Waals surface area contributed by atoms with Crippen LogP contribution >= 0.6 is 0 Å². The first-order valence-corrected chi connectivity index (χ1v) is 5.54. The number of hydrogen-bond donors (Lipinski definition) is 0. The molecule has 0 radical (unpaired) electrons. The van der Waals surface area contributed by atoms with Crippen molar-refractivity contribution in [2.45, 2.75) is 26.2 Å². The summed E-state index contributed by atoms with van der Waals surface area (Å²) in [6.45, 7) is 2.63. The van der Waals surface area contributed by atoms with Crippen molar-refractivity contribution in [3.05, 3.63) is 29.8 Å². The molecule has 0 aromatic heterocycles. The quantitative estimate of drug-likeness (QED) is 0.694. The SMILES string of the molecule is CCOc1cccc(CCCC(=O)OC)c1. The lowest BCUT2D eigenvalue weighted by atomic mass is 10.1. The van der Waals surface area contributed by atoms with Gasteiger partial charge < -0.3 is 9.47 Å². The summed E-state index contributed by atoms with van der Waals surface area (Å²) in [5.41, 5.74) is 1.19. The lowest BCUT2D eigenvalue weighted by Gasteiger charge is -2.05. The Morgan fingerprint density at radius 3 is 2.88 bits per heavy atom. The van der Waals surface area contributed by atoms with E-state index in [0.29, 0.717) is 13.0 Å². The van der Waals surface area contributed by atoms with Crippen molar-refractivity contribution in [2.75, 3.05) is 13.7 Å². The molecule has 0 aliphatic carbocycles. The van der Waals surface area contributed by atoms with Crippen LogP contribution in [0, 0.1) is 0 Å². The van der Waals surface area contributed by atoms with Crippen molar-refractivity contribution in [1.82, 2.24) is 0 Å².